The first-order valence-corrected chi connectivity index (χ1v) is 5.78. The molecule has 21 heavy (non-hydrogen) atoms. The van der Waals surface area contributed by atoms with Gasteiger partial charge in [-0.15, -0.1) is 0 Å². The molecule has 0 unspecified atom stereocenters. The molecule has 0 fully saturated rings. The Labute approximate surface area is 117 Å². The third-order valence-corrected chi connectivity index (χ3v) is 2.55. The standard InChI is InChI=1S/C13H9FN2O5/c14-9-3-1-2-8(6-9)10(17)7-15-13(18)11-4-5-12(21-11)16(19)20/h1-6H,7H2,(H,15,18). The first-order valence-electron chi connectivity index (χ1n) is 5.78. The number of furan rings is 1. The number of hydrogen-bond acceptors (Lipinski definition) is 5. The van der Waals surface area contributed by atoms with Gasteiger partial charge in [-0.05, 0) is 18.2 Å². The predicted molar refractivity (Wildman–Crippen MR) is 68.4 cm³/mol. The molecule has 2 aromatic rings. The molecule has 108 valence electrons. The summed E-state index contributed by atoms with van der Waals surface area (Å²) in [5.41, 5.74) is 0.112. The second-order valence-corrected chi connectivity index (χ2v) is 4.01. The Balaban J connectivity index is 1.97. The lowest BCUT2D eigenvalue weighted by Gasteiger charge is -2.02. The lowest BCUT2D eigenvalue weighted by Crippen LogP contribution is -2.29. The number of carbonyl (C=O) groups is 2. The van der Waals surface area contributed by atoms with Gasteiger partial charge in [0.1, 0.15) is 10.7 Å². The van der Waals surface area contributed by atoms with Gasteiger partial charge in [0.15, 0.2) is 11.5 Å². The Morgan fingerprint density at radius 3 is 2.67 bits per heavy atom. The summed E-state index contributed by atoms with van der Waals surface area (Å²) in [4.78, 5) is 33.0. The second kappa shape index (κ2) is 5.95. The number of rotatable bonds is 5. The van der Waals surface area contributed by atoms with Gasteiger partial charge in [-0.3, -0.25) is 19.7 Å². The number of ketones is 1. The summed E-state index contributed by atoms with van der Waals surface area (Å²) in [6, 6.07) is 7.18. The van der Waals surface area contributed by atoms with Crippen LogP contribution >= 0.6 is 0 Å². The molecule has 0 aliphatic carbocycles. The molecule has 1 amide bonds. The van der Waals surface area contributed by atoms with E-state index in [-0.39, 0.29) is 17.9 Å². The highest BCUT2D eigenvalue weighted by Crippen LogP contribution is 2.15. The third-order valence-electron chi connectivity index (χ3n) is 2.55. The summed E-state index contributed by atoms with van der Waals surface area (Å²) in [5, 5.41) is 12.7. The molecule has 1 aromatic carbocycles. The van der Waals surface area contributed by atoms with Crippen LogP contribution in [0.1, 0.15) is 20.9 Å². The molecule has 7 nitrogen and oxygen atoms in total. The van der Waals surface area contributed by atoms with Crippen molar-refractivity contribution >= 4 is 17.6 Å². The largest absolute Gasteiger partial charge is 0.433 e. The number of hydrogen-bond donors (Lipinski definition) is 1. The number of benzene rings is 1. The summed E-state index contributed by atoms with van der Waals surface area (Å²) >= 11 is 0. The van der Waals surface area contributed by atoms with Crippen molar-refractivity contribution in [2.24, 2.45) is 0 Å². The number of nitro groups is 1. The molecule has 2 rings (SSSR count). The van der Waals surface area contributed by atoms with Crippen molar-refractivity contribution in [2.75, 3.05) is 6.54 Å². The van der Waals surface area contributed by atoms with Gasteiger partial charge in [-0.2, -0.15) is 0 Å². The minimum Gasteiger partial charge on any atom is -0.395 e. The molecule has 1 aromatic heterocycles. The van der Waals surface area contributed by atoms with Gasteiger partial charge >= 0.3 is 5.88 Å². The monoisotopic (exact) mass is 292 g/mol. The van der Waals surface area contributed by atoms with Gasteiger partial charge in [0.25, 0.3) is 5.91 Å². The van der Waals surface area contributed by atoms with Crippen LogP contribution in [0.15, 0.2) is 40.8 Å². The Morgan fingerprint density at radius 2 is 2.05 bits per heavy atom. The molecule has 0 radical (unpaired) electrons. The minimum atomic E-state index is -0.783. The fourth-order valence-electron chi connectivity index (χ4n) is 1.56. The number of nitrogens with zero attached hydrogens (tertiary/aromatic N) is 1. The SMILES string of the molecule is O=C(CNC(=O)c1ccc([N+](=O)[O-])o1)c1cccc(F)c1. The maximum atomic E-state index is 13.0. The normalized spacial score (nSPS) is 10.1. The number of nitrogens with one attached hydrogen (secondary N) is 1. The van der Waals surface area contributed by atoms with Crippen LogP contribution in [0.25, 0.3) is 0 Å². The molecule has 0 bridgehead atoms. The number of amides is 1. The molecule has 0 atom stereocenters. The van der Waals surface area contributed by atoms with Crippen LogP contribution in [0.5, 0.6) is 0 Å². The fourth-order valence-corrected chi connectivity index (χ4v) is 1.56. The Bertz CT molecular complexity index is 710. The molecule has 0 saturated heterocycles. The Kier molecular flexibility index (Phi) is 4.07. The lowest BCUT2D eigenvalue weighted by molar-refractivity contribution is -0.402. The van der Waals surface area contributed by atoms with Gasteiger partial charge in [0.05, 0.1) is 12.6 Å². The van der Waals surface area contributed by atoms with Crippen molar-refractivity contribution in [1.29, 1.82) is 0 Å². The smallest absolute Gasteiger partial charge is 0.395 e. The fraction of sp³-hybridized carbons (Fsp3) is 0.0769. The van der Waals surface area contributed by atoms with Crippen LogP contribution in [0, 0.1) is 15.9 Å². The first kappa shape index (κ1) is 14.4. The zero-order valence-electron chi connectivity index (χ0n) is 10.5. The van der Waals surface area contributed by atoms with Crippen LogP contribution in [-0.2, 0) is 0 Å². The van der Waals surface area contributed by atoms with E-state index in [0.29, 0.717) is 0 Å². The quantitative estimate of drug-likeness (QED) is 0.515. The van der Waals surface area contributed by atoms with Crippen molar-refractivity contribution in [3.8, 4) is 0 Å². The topological polar surface area (TPSA) is 102 Å². The van der Waals surface area contributed by atoms with E-state index in [1.165, 1.54) is 18.2 Å². The van der Waals surface area contributed by atoms with E-state index < -0.39 is 28.3 Å². The van der Waals surface area contributed by atoms with Crippen LogP contribution < -0.4 is 5.32 Å². The first-order chi connectivity index (χ1) is 9.97. The molecule has 0 aliphatic heterocycles. The highest BCUT2D eigenvalue weighted by atomic mass is 19.1. The Morgan fingerprint density at radius 1 is 1.29 bits per heavy atom. The van der Waals surface area contributed by atoms with Crippen LogP contribution in [0.4, 0.5) is 10.3 Å². The summed E-state index contributed by atoms with van der Waals surface area (Å²) in [6.07, 6.45) is 0. The maximum absolute atomic E-state index is 13.0. The van der Waals surface area contributed by atoms with E-state index in [1.807, 2.05) is 0 Å². The number of carbonyl (C=O) groups excluding carboxylic acids is 2. The molecule has 0 aliphatic rings. The highest BCUT2D eigenvalue weighted by molar-refractivity contribution is 6.01. The third kappa shape index (κ3) is 3.50. The van der Waals surface area contributed by atoms with Crippen molar-refractivity contribution in [1.82, 2.24) is 5.32 Å². The highest BCUT2D eigenvalue weighted by Gasteiger charge is 2.18. The van der Waals surface area contributed by atoms with E-state index in [2.05, 4.69) is 9.73 Å². The maximum Gasteiger partial charge on any atom is 0.433 e. The van der Waals surface area contributed by atoms with Crippen molar-refractivity contribution in [3.05, 3.63) is 63.7 Å². The summed E-state index contributed by atoms with van der Waals surface area (Å²) in [7, 11) is 0. The molecular weight excluding hydrogens is 283 g/mol. The van der Waals surface area contributed by atoms with Crippen molar-refractivity contribution in [2.45, 2.75) is 0 Å². The molecule has 0 spiro atoms. The zero-order chi connectivity index (χ0) is 15.4. The number of Topliss-reactive ketones (excluding diaryl/α,β-unsaturated/α-hetero) is 1. The predicted octanol–water partition coefficient (Wildman–Crippen LogP) is 1.94. The van der Waals surface area contributed by atoms with E-state index in [4.69, 9.17) is 0 Å². The van der Waals surface area contributed by atoms with Crippen LogP contribution in [0.3, 0.4) is 0 Å². The molecule has 0 saturated carbocycles. The van der Waals surface area contributed by atoms with Gasteiger partial charge in [-0.25, -0.2) is 4.39 Å². The van der Waals surface area contributed by atoms with Gasteiger partial charge < -0.3 is 9.73 Å². The lowest BCUT2D eigenvalue weighted by atomic mass is 10.1. The Hall–Kier alpha value is -3.03. The molecule has 8 heteroatoms. The number of halogens is 1. The average molecular weight is 292 g/mol. The molecule has 1 heterocycles. The van der Waals surface area contributed by atoms with E-state index >= 15 is 0 Å². The van der Waals surface area contributed by atoms with Gasteiger partial charge in [0, 0.05) is 5.56 Å². The zero-order valence-corrected chi connectivity index (χ0v) is 10.5. The average Bonchev–Trinajstić information content (AvgIpc) is 2.94. The van der Waals surface area contributed by atoms with E-state index in [0.717, 1.165) is 18.2 Å². The summed E-state index contributed by atoms with van der Waals surface area (Å²) in [6.45, 7) is -0.378. The molecule has 1 N–H and O–H groups in total. The van der Waals surface area contributed by atoms with E-state index in [1.54, 1.807) is 0 Å². The second-order valence-electron chi connectivity index (χ2n) is 4.01. The van der Waals surface area contributed by atoms with Crippen molar-refractivity contribution < 1.29 is 23.3 Å². The van der Waals surface area contributed by atoms with Crippen LogP contribution in [-0.4, -0.2) is 23.2 Å². The van der Waals surface area contributed by atoms with Gasteiger partial charge in [-0.1, -0.05) is 12.1 Å². The summed E-state index contributed by atoms with van der Waals surface area (Å²) in [5.74, 6) is -2.68. The van der Waals surface area contributed by atoms with Gasteiger partial charge in [0.2, 0.25) is 0 Å². The van der Waals surface area contributed by atoms with E-state index in [9.17, 15) is 24.1 Å². The van der Waals surface area contributed by atoms with Crippen molar-refractivity contribution in [3.63, 3.8) is 0 Å². The minimum absolute atomic E-state index is 0.112. The molecular formula is C13H9FN2O5. The summed E-state index contributed by atoms with van der Waals surface area (Å²) < 4.78 is 17.6. The van der Waals surface area contributed by atoms with Crippen LogP contribution in [0.2, 0.25) is 0 Å².